The molecule has 162 valence electrons. The van der Waals surface area contributed by atoms with E-state index in [1.165, 1.54) is 24.3 Å². The number of amidine groups is 1. The standard InChI is InChI=1S/C20H21ClN6O4/c21-18-23-11-26(24-18)20-8-12-5-13(9-20)7-19(6-12,10-20)17(28)31-25-16(22)14-1-3-15(4-2-14)27(29)30/h1-4,11-13H,5-10H2,(H2,22,25). The van der Waals surface area contributed by atoms with Crippen LogP contribution < -0.4 is 5.73 Å². The summed E-state index contributed by atoms with van der Waals surface area (Å²) >= 11 is 5.96. The fourth-order valence-corrected chi connectivity index (χ4v) is 6.31. The number of oxime groups is 1. The van der Waals surface area contributed by atoms with E-state index in [4.69, 9.17) is 22.2 Å². The lowest BCUT2D eigenvalue weighted by molar-refractivity contribution is -0.384. The molecule has 4 saturated carbocycles. The number of benzene rings is 1. The van der Waals surface area contributed by atoms with Gasteiger partial charge in [-0.05, 0) is 74.1 Å². The summed E-state index contributed by atoms with van der Waals surface area (Å²) in [6.45, 7) is 0. The number of carbonyl (C=O) groups excluding carboxylic acids is 1. The second-order valence-electron chi connectivity index (χ2n) is 9.08. The SMILES string of the molecule is N/C(=N\OC(=O)C12CC3CC(C1)CC(n1cnc(Cl)n1)(C3)C2)c1ccc([N+](=O)[O-])cc1. The van der Waals surface area contributed by atoms with Gasteiger partial charge in [0, 0.05) is 17.7 Å². The molecule has 0 radical (unpaired) electrons. The molecule has 4 aliphatic rings. The minimum absolute atomic E-state index is 0.00857. The lowest BCUT2D eigenvalue weighted by Crippen LogP contribution is -2.59. The number of aromatic nitrogens is 3. The first-order chi connectivity index (χ1) is 14.8. The Hall–Kier alpha value is -3.01. The van der Waals surface area contributed by atoms with Gasteiger partial charge in [0.25, 0.3) is 5.69 Å². The minimum Gasteiger partial charge on any atom is -0.380 e. The zero-order chi connectivity index (χ0) is 21.8. The van der Waals surface area contributed by atoms with Crippen LogP contribution >= 0.6 is 11.6 Å². The van der Waals surface area contributed by atoms with Crippen LogP contribution in [-0.2, 0) is 15.2 Å². The van der Waals surface area contributed by atoms with Gasteiger partial charge in [-0.15, -0.1) is 5.10 Å². The third-order valence-corrected chi connectivity index (χ3v) is 7.19. The third-order valence-electron chi connectivity index (χ3n) is 7.01. The van der Waals surface area contributed by atoms with Crippen LogP contribution in [0.1, 0.15) is 44.1 Å². The average Bonchev–Trinajstić information content (AvgIpc) is 3.18. The summed E-state index contributed by atoms with van der Waals surface area (Å²) in [6.07, 6.45) is 6.79. The van der Waals surface area contributed by atoms with Crippen molar-refractivity contribution in [2.24, 2.45) is 28.1 Å². The van der Waals surface area contributed by atoms with E-state index in [0.29, 0.717) is 23.8 Å². The summed E-state index contributed by atoms with van der Waals surface area (Å²) in [7, 11) is 0. The van der Waals surface area contributed by atoms with Crippen molar-refractivity contribution in [2.75, 3.05) is 0 Å². The molecule has 2 N–H and O–H groups in total. The van der Waals surface area contributed by atoms with Gasteiger partial charge in [-0.3, -0.25) is 10.1 Å². The molecule has 11 heteroatoms. The monoisotopic (exact) mass is 444 g/mol. The van der Waals surface area contributed by atoms with Gasteiger partial charge in [-0.2, -0.15) is 0 Å². The average molecular weight is 445 g/mol. The van der Waals surface area contributed by atoms with Crippen molar-refractivity contribution in [3.05, 3.63) is 51.6 Å². The number of non-ortho nitro benzene ring substituents is 1. The Morgan fingerprint density at radius 1 is 1.26 bits per heavy atom. The topological polar surface area (TPSA) is 139 Å². The van der Waals surface area contributed by atoms with Crippen molar-refractivity contribution >= 4 is 29.1 Å². The van der Waals surface area contributed by atoms with Crippen molar-refractivity contribution in [3.63, 3.8) is 0 Å². The molecule has 0 amide bonds. The Bertz CT molecular complexity index is 1070. The van der Waals surface area contributed by atoms with E-state index >= 15 is 0 Å². The van der Waals surface area contributed by atoms with E-state index in [2.05, 4.69) is 15.2 Å². The van der Waals surface area contributed by atoms with Gasteiger partial charge in [-0.1, -0.05) is 5.16 Å². The maximum absolute atomic E-state index is 13.2. The Morgan fingerprint density at radius 3 is 2.52 bits per heavy atom. The van der Waals surface area contributed by atoms with E-state index in [0.717, 1.165) is 32.1 Å². The van der Waals surface area contributed by atoms with Crippen LogP contribution in [0.4, 0.5) is 5.69 Å². The minimum atomic E-state index is -0.637. The fraction of sp³-hybridized carbons (Fsp3) is 0.500. The number of carbonyl (C=O) groups is 1. The zero-order valence-corrected chi connectivity index (χ0v) is 17.4. The van der Waals surface area contributed by atoms with Gasteiger partial charge >= 0.3 is 5.97 Å². The van der Waals surface area contributed by atoms with Gasteiger partial charge in [0.1, 0.15) is 6.33 Å². The van der Waals surface area contributed by atoms with E-state index in [1.807, 2.05) is 4.68 Å². The van der Waals surface area contributed by atoms with Gasteiger partial charge in [0.2, 0.25) is 5.28 Å². The normalized spacial score (nSPS) is 31.6. The first kappa shape index (κ1) is 19.9. The first-order valence-electron chi connectivity index (χ1n) is 10.2. The molecular formula is C20H21ClN6O4. The molecule has 1 aromatic carbocycles. The van der Waals surface area contributed by atoms with Gasteiger partial charge in [0.15, 0.2) is 5.84 Å². The van der Waals surface area contributed by atoms with Crippen LogP contribution in [0, 0.1) is 27.4 Å². The maximum atomic E-state index is 13.2. The molecule has 2 unspecified atom stereocenters. The van der Waals surface area contributed by atoms with Crippen molar-refractivity contribution < 1.29 is 14.6 Å². The van der Waals surface area contributed by atoms with Crippen molar-refractivity contribution in [1.29, 1.82) is 0 Å². The Morgan fingerprint density at radius 2 is 1.94 bits per heavy atom. The Kier molecular flexibility index (Phi) is 4.51. The molecule has 4 fully saturated rings. The summed E-state index contributed by atoms with van der Waals surface area (Å²) in [5.74, 6) is 0.424. The fourth-order valence-electron chi connectivity index (χ4n) is 6.19. The zero-order valence-electron chi connectivity index (χ0n) is 16.6. The van der Waals surface area contributed by atoms with Crippen LogP contribution in [0.3, 0.4) is 0 Å². The van der Waals surface area contributed by atoms with Gasteiger partial charge in [0.05, 0.1) is 15.9 Å². The predicted molar refractivity (Wildman–Crippen MR) is 110 cm³/mol. The molecule has 4 aliphatic carbocycles. The summed E-state index contributed by atoms with van der Waals surface area (Å²) in [5, 5.41) is 19.2. The van der Waals surface area contributed by atoms with Crippen LogP contribution in [0.5, 0.6) is 0 Å². The highest BCUT2D eigenvalue weighted by atomic mass is 35.5. The molecule has 0 aliphatic heterocycles. The number of nitrogens with zero attached hydrogens (tertiary/aromatic N) is 5. The smallest absolute Gasteiger partial charge is 0.341 e. The molecule has 1 aromatic heterocycles. The van der Waals surface area contributed by atoms with Gasteiger partial charge < -0.3 is 10.6 Å². The summed E-state index contributed by atoms with van der Waals surface area (Å²) in [4.78, 5) is 32.9. The lowest BCUT2D eigenvalue weighted by atomic mass is 9.47. The van der Waals surface area contributed by atoms with Crippen molar-refractivity contribution in [1.82, 2.24) is 14.8 Å². The highest BCUT2D eigenvalue weighted by Crippen LogP contribution is 2.64. The molecule has 6 rings (SSSR count). The van der Waals surface area contributed by atoms with Gasteiger partial charge in [-0.25, -0.2) is 14.5 Å². The third kappa shape index (κ3) is 3.34. The molecule has 2 aromatic rings. The second-order valence-corrected chi connectivity index (χ2v) is 9.42. The summed E-state index contributed by atoms with van der Waals surface area (Å²) in [5.41, 5.74) is 5.42. The van der Waals surface area contributed by atoms with Crippen LogP contribution in [-0.4, -0.2) is 31.5 Å². The van der Waals surface area contributed by atoms with E-state index in [9.17, 15) is 14.9 Å². The summed E-state index contributed by atoms with van der Waals surface area (Å²) in [6, 6.07) is 5.59. The Labute approximate surface area is 182 Å². The highest BCUT2D eigenvalue weighted by Gasteiger charge is 2.62. The van der Waals surface area contributed by atoms with Crippen LogP contribution in [0.2, 0.25) is 5.28 Å². The van der Waals surface area contributed by atoms with Crippen molar-refractivity contribution in [3.8, 4) is 0 Å². The van der Waals surface area contributed by atoms with E-state index in [1.54, 1.807) is 6.33 Å². The van der Waals surface area contributed by atoms with Crippen molar-refractivity contribution in [2.45, 2.75) is 44.1 Å². The number of nitrogens with two attached hydrogens (primary N) is 1. The molecule has 31 heavy (non-hydrogen) atoms. The quantitative estimate of drug-likeness (QED) is 0.246. The predicted octanol–water partition coefficient (Wildman–Crippen LogP) is 3.00. The van der Waals surface area contributed by atoms with Crippen LogP contribution in [0.15, 0.2) is 35.7 Å². The first-order valence-corrected chi connectivity index (χ1v) is 10.5. The molecule has 4 bridgehead atoms. The molecule has 1 heterocycles. The number of halogens is 1. The highest BCUT2D eigenvalue weighted by molar-refractivity contribution is 6.28. The summed E-state index contributed by atoms with van der Waals surface area (Å²) < 4.78 is 1.84. The molecule has 0 saturated heterocycles. The lowest BCUT2D eigenvalue weighted by Gasteiger charge is -2.60. The largest absolute Gasteiger partial charge is 0.380 e. The van der Waals surface area contributed by atoms with Crippen LogP contribution in [0.25, 0.3) is 0 Å². The number of rotatable bonds is 5. The number of hydrogen-bond donors (Lipinski definition) is 1. The number of hydrogen-bond acceptors (Lipinski definition) is 7. The molecule has 10 nitrogen and oxygen atoms in total. The number of nitro groups is 1. The second kappa shape index (κ2) is 7.01. The maximum Gasteiger partial charge on any atom is 0.341 e. The Balaban J connectivity index is 1.36. The molecule has 2 atom stereocenters. The number of nitro benzene ring substituents is 1. The molecular weight excluding hydrogens is 424 g/mol. The van der Waals surface area contributed by atoms with E-state index in [-0.39, 0.29) is 28.3 Å². The molecule has 0 spiro atoms. The van der Waals surface area contributed by atoms with E-state index < -0.39 is 10.3 Å².